The third-order valence-electron chi connectivity index (χ3n) is 4.12. The summed E-state index contributed by atoms with van der Waals surface area (Å²) in [7, 11) is 0. The quantitative estimate of drug-likeness (QED) is 0.878. The van der Waals surface area contributed by atoms with Gasteiger partial charge in [0.1, 0.15) is 16.5 Å². The first kappa shape index (κ1) is 16.8. The molecule has 3 rings (SSSR count). The number of β-amino-alcohol motifs (C(OH)–C–C–N with tert-alkyl or cyclic N) is 1. The average molecular weight is 350 g/mol. The van der Waals surface area contributed by atoms with Crippen LogP contribution >= 0.6 is 11.3 Å². The van der Waals surface area contributed by atoms with Crippen molar-refractivity contribution < 1.29 is 14.3 Å². The summed E-state index contributed by atoms with van der Waals surface area (Å²) in [6.07, 6.45) is 2.52. The summed E-state index contributed by atoms with van der Waals surface area (Å²) in [5.41, 5.74) is 1.27. The van der Waals surface area contributed by atoms with E-state index in [1.807, 2.05) is 4.90 Å². The second-order valence-electron chi connectivity index (χ2n) is 6.03. The molecule has 2 aromatic heterocycles. The van der Waals surface area contributed by atoms with E-state index in [4.69, 9.17) is 0 Å². The van der Waals surface area contributed by atoms with Gasteiger partial charge in [-0.1, -0.05) is 0 Å². The highest BCUT2D eigenvalue weighted by atomic mass is 32.1. The number of anilines is 1. The van der Waals surface area contributed by atoms with E-state index in [0.717, 1.165) is 19.2 Å². The van der Waals surface area contributed by atoms with E-state index in [9.17, 15) is 14.3 Å². The van der Waals surface area contributed by atoms with Gasteiger partial charge in [0.05, 0.1) is 23.0 Å². The van der Waals surface area contributed by atoms with Gasteiger partial charge in [0.2, 0.25) is 0 Å². The summed E-state index contributed by atoms with van der Waals surface area (Å²) < 4.78 is 13.0. The van der Waals surface area contributed by atoms with Crippen LogP contribution in [0, 0.1) is 12.7 Å². The molecule has 0 bridgehead atoms. The SMILES string of the molecule is Cc1ncsc1C(=O)NC[C@]1(O)CCCN(c2ccc(F)cn2)C1. The number of aliphatic hydroxyl groups is 1. The maximum absolute atomic E-state index is 13.0. The molecule has 24 heavy (non-hydrogen) atoms. The molecule has 2 N–H and O–H groups in total. The van der Waals surface area contributed by atoms with Crippen LogP contribution in [-0.2, 0) is 0 Å². The molecule has 0 saturated carbocycles. The Morgan fingerprint density at radius 2 is 2.33 bits per heavy atom. The third-order valence-corrected chi connectivity index (χ3v) is 5.05. The van der Waals surface area contributed by atoms with Gasteiger partial charge in [-0.15, -0.1) is 11.3 Å². The molecule has 0 aromatic carbocycles. The van der Waals surface area contributed by atoms with E-state index in [2.05, 4.69) is 15.3 Å². The molecule has 1 amide bonds. The summed E-state index contributed by atoms with van der Waals surface area (Å²) in [5, 5.41) is 13.6. The molecular weight excluding hydrogens is 331 g/mol. The number of hydrogen-bond donors (Lipinski definition) is 2. The second kappa shape index (κ2) is 6.82. The van der Waals surface area contributed by atoms with Crippen LogP contribution in [0.4, 0.5) is 10.2 Å². The molecule has 0 unspecified atom stereocenters. The molecule has 1 saturated heterocycles. The Bertz CT molecular complexity index is 721. The zero-order valence-electron chi connectivity index (χ0n) is 13.3. The van der Waals surface area contributed by atoms with E-state index >= 15 is 0 Å². The summed E-state index contributed by atoms with van der Waals surface area (Å²) >= 11 is 1.28. The van der Waals surface area contributed by atoms with Crippen LogP contribution in [0.5, 0.6) is 0 Å². The molecule has 3 heterocycles. The van der Waals surface area contributed by atoms with Gasteiger partial charge in [-0.05, 0) is 31.9 Å². The van der Waals surface area contributed by atoms with Crippen LogP contribution in [0.25, 0.3) is 0 Å². The fraction of sp³-hybridized carbons (Fsp3) is 0.438. The van der Waals surface area contributed by atoms with Gasteiger partial charge < -0.3 is 15.3 Å². The van der Waals surface area contributed by atoms with E-state index in [0.29, 0.717) is 29.4 Å². The van der Waals surface area contributed by atoms with Crippen molar-refractivity contribution in [2.75, 3.05) is 24.5 Å². The number of nitrogens with one attached hydrogen (secondary N) is 1. The number of hydrogen-bond acceptors (Lipinski definition) is 6. The predicted molar refractivity (Wildman–Crippen MR) is 89.8 cm³/mol. The molecule has 0 spiro atoms. The highest BCUT2D eigenvalue weighted by Gasteiger charge is 2.34. The normalized spacial score (nSPS) is 20.9. The van der Waals surface area contributed by atoms with E-state index in [-0.39, 0.29) is 12.5 Å². The van der Waals surface area contributed by atoms with E-state index in [1.165, 1.54) is 17.4 Å². The van der Waals surface area contributed by atoms with Crippen molar-refractivity contribution in [3.05, 3.63) is 40.2 Å². The van der Waals surface area contributed by atoms with Gasteiger partial charge >= 0.3 is 0 Å². The number of amides is 1. The number of aromatic nitrogens is 2. The van der Waals surface area contributed by atoms with Crippen molar-refractivity contribution in [1.29, 1.82) is 0 Å². The van der Waals surface area contributed by atoms with Crippen LogP contribution in [-0.4, -0.2) is 46.2 Å². The molecule has 0 aliphatic carbocycles. The van der Waals surface area contributed by atoms with Crippen LogP contribution < -0.4 is 10.2 Å². The van der Waals surface area contributed by atoms with Gasteiger partial charge in [-0.3, -0.25) is 4.79 Å². The molecule has 2 aromatic rings. The topological polar surface area (TPSA) is 78.3 Å². The summed E-state index contributed by atoms with van der Waals surface area (Å²) in [4.78, 5) is 22.8. The Balaban J connectivity index is 1.63. The Morgan fingerprint density at radius 1 is 1.50 bits per heavy atom. The molecule has 1 aliphatic heterocycles. The molecule has 6 nitrogen and oxygen atoms in total. The maximum Gasteiger partial charge on any atom is 0.263 e. The van der Waals surface area contributed by atoms with E-state index < -0.39 is 11.4 Å². The number of halogens is 1. The standard InChI is InChI=1S/C16H19FN4O2S/c1-11-14(24-10-20-11)15(22)19-8-16(23)5-2-6-21(9-16)13-4-3-12(17)7-18-13/h3-4,7,10,23H,2,5-6,8-9H2,1H3,(H,19,22)/t16-/m1/s1. The minimum Gasteiger partial charge on any atom is -0.386 e. The van der Waals surface area contributed by atoms with Crippen molar-refractivity contribution >= 4 is 23.1 Å². The zero-order valence-corrected chi connectivity index (χ0v) is 14.1. The van der Waals surface area contributed by atoms with Crippen molar-refractivity contribution in [3.8, 4) is 0 Å². The number of piperidine rings is 1. The highest BCUT2D eigenvalue weighted by molar-refractivity contribution is 7.11. The monoisotopic (exact) mass is 350 g/mol. The van der Waals surface area contributed by atoms with Crippen LogP contribution in [0.1, 0.15) is 28.2 Å². The molecule has 1 fully saturated rings. The fourth-order valence-corrected chi connectivity index (χ4v) is 3.57. The Hall–Kier alpha value is -2.06. The van der Waals surface area contributed by atoms with Crippen LogP contribution in [0.15, 0.2) is 23.8 Å². The highest BCUT2D eigenvalue weighted by Crippen LogP contribution is 2.24. The fourth-order valence-electron chi connectivity index (χ4n) is 2.85. The van der Waals surface area contributed by atoms with Crippen LogP contribution in [0.3, 0.4) is 0 Å². The lowest BCUT2D eigenvalue weighted by molar-refractivity contribution is 0.0255. The molecule has 1 atom stereocenters. The average Bonchev–Trinajstić information content (AvgIpc) is 3.00. The Morgan fingerprint density at radius 3 is 3.00 bits per heavy atom. The second-order valence-corrected chi connectivity index (χ2v) is 6.89. The zero-order chi connectivity index (χ0) is 17.2. The molecular formula is C16H19FN4O2S. The van der Waals surface area contributed by atoms with Gasteiger partial charge in [-0.2, -0.15) is 0 Å². The first-order valence-electron chi connectivity index (χ1n) is 7.74. The van der Waals surface area contributed by atoms with Gasteiger partial charge in [0, 0.05) is 19.6 Å². The smallest absolute Gasteiger partial charge is 0.263 e. The first-order valence-corrected chi connectivity index (χ1v) is 8.62. The molecule has 0 radical (unpaired) electrons. The number of pyridine rings is 1. The van der Waals surface area contributed by atoms with Gasteiger partial charge in [-0.25, -0.2) is 14.4 Å². The number of rotatable bonds is 4. The number of nitrogens with zero attached hydrogens (tertiary/aromatic N) is 3. The summed E-state index contributed by atoms with van der Waals surface area (Å²) in [6, 6.07) is 2.95. The Kier molecular flexibility index (Phi) is 4.77. The number of carbonyl (C=O) groups is 1. The van der Waals surface area contributed by atoms with Crippen molar-refractivity contribution in [3.63, 3.8) is 0 Å². The first-order chi connectivity index (χ1) is 11.5. The molecule has 1 aliphatic rings. The summed E-state index contributed by atoms with van der Waals surface area (Å²) in [6.45, 7) is 3.01. The number of carbonyl (C=O) groups excluding carboxylic acids is 1. The predicted octanol–water partition coefficient (Wildman–Crippen LogP) is 1.75. The lowest BCUT2D eigenvalue weighted by Crippen LogP contribution is -2.54. The van der Waals surface area contributed by atoms with Crippen molar-refractivity contribution in [1.82, 2.24) is 15.3 Å². The van der Waals surface area contributed by atoms with Gasteiger partial charge in [0.25, 0.3) is 5.91 Å². The lowest BCUT2D eigenvalue weighted by atomic mass is 9.92. The van der Waals surface area contributed by atoms with Crippen LogP contribution in [0.2, 0.25) is 0 Å². The van der Waals surface area contributed by atoms with Gasteiger partial charge in [0.15, 0.2) is 0 Å². The molecule has 8 heteroatoms. The van der Waals surface area contributed by atoms with Crippen molar-refractivity contribution in [2.45, 2.75) is 25.4 Å². The van der Waals surface area contributed by atoms with Crippen molar-refractivity contribution in [2.24, 2.45) is 0 Å². The maximum atomic E-state index is 13.0. The lowest BCUT2D eigenvalue weighted by Gasteiger charge is -2.39. The number of thiazole rings is 1. The summed E-state index contributed by atoms with van der Waals surface area (Å²) in [5.74, 6) is 0.0119. The largest absolute Gasteiger partial charge is 0.386 e. The minimum atomic E-state index is -1.04. The number of aryl methyl sites for hydroxylation is 1. The van der Waals surface area contributed by atoms with E-state index in [1.54, 1.807) is 18.5 Å². The Labute approximate surface area is 143 Å². The third kappa shape index (κ3) is 3.70. The molecule has 128 valence electrons. The minimum absolute atomic E-state index is 0.154.